The summed E-state index contributed by atoms with van der Waals surface area (Å²) in [6.45, 7) is 3.88. The first-order valence-electron chi connectivity index (χ1n) is 6.37. The molecule has 1 atom stereocenters. The lowest BCUT2D eigenvalue weighted by Crippen LogP contribution is -2.52. The van der Waals surface area contributed by atoms with Crippen molar-refractivity contribution >= 4 is 45.9 Å². The summed E-state index contributed by atoms with van der Waals surface area (Å²) in [5.74, 6) is -0.740. The number of imide groups is 1. The Kier molecular flexibility index (Phi) is 4.55. The number of nitrogens with zero attached hydrogens (tertiary/aromatic N) is 3. The molecule has 0 saturated heterocycles. The summed E-state index contributed by atoms with van der Waals surface area (Å²) in [5, 5.41) is 5.15. The fraction of sp³-hybridized carbons (Fsp3) is 0.308. The van der Waals surface area contributed by atoms with E-state index in [1.165, 1.54) is 17.8 Å². The van der Waals surface area contributed by atoms with Crippen molar-refractivity contribution in [3.8, 4) is 0 Å². The second kappa shape index (κ2) is 6.22. The Bertz CT molecular complexity index is 665. The Morgan fingerprint density at radius 1 is 1.55 bits per heavy atom. The molecule has 2 aliphatic heterocycles. The van der Waals surface area contributed by atoms with Crippen molar-refractivity contribution in [2.45, 2.75) is 0 Å². The second-order valence-electron chi connectivity index (χ2n) is 4.78. The van der Waals surface area contributed by atoms with Crippen LogP contribution in [0.1, 0.15) is 0 Å². The number of dihydropyridines is 1. The molecule has 22 heavy (non-hydrogen) atoms. The summed E-state index contributed by atoms with van der Waals surface area (Å²) >= 11 is 3.13. The number of amides is 5. The number of aliphatic imine (C=N–C) groups is 1. The normalized spacial score (nSPS) is 20.6. The number of allylic oxidation sites excluding steroid dienone is 1. The zero-order valence-electron chi connectivity index (χ0n) is 12.1. The maximum Gasteiger partial charge on any atom is 0.445 e. The molecule has 2 rings (SSSR count). The Hall–Kier alpha value is -2.29. The summed E-state index contributed by atoms with van der Waals surface area (Å²) in [6, 6.07) is -0.880. The van der Waals surface area contributed by atoms with E-state index in [2.05, 4.69) is 38.1 Å². The fourth-order valence-corrected chi connectivity index (χ4v) is 2.18. The van der Waals surface area contributed by atoms with E-state index in [0.717, 1.165) is 4.90 Å². The summed E-state index contributed by atoms with van der Waals surface area (Å²) in [4.78, 5) is 40.8. The lowest BCUT2D eigenvalue weighted by atomic mass is 10.0. The minimum atomic E-state index is -0.695. The van der Waals surface area contributed by atoms with Gasteiger partial charge in [-0.25, -0.2) is 9.59 Å². The van der Waals surface area contributed by atoms with Gasteiger partial charge in [0.15, 0.2) is 5.92 Å². The van der Waals surface area contributed by atoms with E-state index in [-0.39, 0.29) is 12.5 Å². The zero-order chi connectivity index (χ0) is 16.4. The van der Waals surface area contributed by atoms with E-state index in [4.69, 9.17) is 0 Å². The number of fused-ring (bicyclic) bond motifs is 1. The van der Waals surface area contributed by atoms with Gasteiger partial charge in [-0.2, -0.15) is 9.48 Å². The molecule has 0 aromatic heterocycles. The van der Waals surface area contributed by atoms with E-state index in [1.54, 1.807) is 13.1 Å². The highest BCUT2D eigenvalue weighted by molar-refractivity contribution is 9.11. The standard InChI is InChI=1S/C13H14BrN5O3/c1-7(14)5-16-12(21)17-8-4-9-10(15-6-8)18(2)13(22)19(3)11(9)20/h4,6,9H,1,5H2,2-3H3,(H-,16,17,21)/p+1. The van der Waals surface area contributed by atoms with Gasteiger partial charge in [-0.05, 0) is 6.08 Å². The Morgan fingerprint density at radius 3 is 2.86 bits per heavy atom. The van der Waals surface area contributed by atoms with Crippen LogP contribution >= 0.6 is 15.9 Å². The molecule has 0 fully saturated rings. The minimum Gasteiger partial charge on any atom is -0.333 e. The number of carbonyl (C=O) groups is 3. The third-order valence-electron chi connectivity index (χ3n) is 3.17. The van der Waals surface area contributed by atoms with Gasteiger partial charge < -0.3 is 10.6 Å². The molecular formula is C13H15BrN5O3+. The SMILES string of the molecule is C=C(Br)CNC(=O)NC1=CC2C(=O)N(C)C(=O)[N+](C)=C2N=C1. The van der Waals surface area contributed by atoms with Gasteiger partial charge in [-0.15, -0.1) is 4.99 Å². The summed E-state index contributed by atoms with van der Waals surface area (Å²) < 4.78 is 1.94. The third-order valence-corrected chi connectivity index (χ3v) is 3.45. The molecule has 0 aromatic carbocycles. The highest BCUT2D eigenvalue weighted by atomic mass is 79.9. The van der Waals surface area contributed by atoms with Crippen molar-refractivity contribution in [1.82, 2.24) is 15.5 Å². The summed E-state index contributed by atoms with van der Waals surface area (Å²) in [5.41, 5.74) is 0.385. The van der Waals surface area contributed by atoms with E-state index in [0.29, 0.717) is 16.0 Å². The first kappa shape index (κ1) is 16.1. The van der Waals surface area contributed by atoms with E-state index >= 15 is 0 Å². The number of carbonyl (C=O) groups excluding carboxylic acids is 3. The van der Waals surface area contributed by atoms with Crippen molar-refractivity contribution in [3.05, 3.63) is 22.8 Å². The highest BCUT2D eigenvalue weighted by Crippen LogP contribution is 2.18. The van der Waals surface area contributed by atoms with Gasteiger partial charge >= 0.3 is 18.0 Å². The van der Waals surface area contributed by atoms with E-state index in [9.17, 15) is 14.4 Å². The second-order valence-corrected chi connectivity index (χ2v) is 5.90. The Labute approximate surface area is 135 Å². The van der Waals surface area contributed by atoms with Crippen LogP contribution in [0, 0.1) is 5.92 Å². The van der Waals surface area contributed by atoms with Gasteiger partial charge in [-0.1, -0.05) is 22.5 Å². The molecule has 0 saturated carbocycles. The first-order chi connectivity index (χ1) is 10.3. The largest absolute Gasteiger partial charge is 0.445 e. The van der Waals surface area contributed by atoms with Crippen molar-refractivity contribution < 1.29 is 19.0 Å². The molecule has 2 heterocycles. The van der Waals surface area contributed by atoms with Crippen LogP contribution in [0.3, 0.4) is 0 Å². The van der Waals surface area contributed by atoms with E-state index in [1.807, 2.05) is 0 Å². The van der Waals surface area contributed by atoms with Gasteiger partial charge in [0.05, 0.1) is 26.3 Å². The number of urea groups is 2. The van der Waals surface area contributed by atoms with E-state index < -0.39 is 18.0 Å². The average molecular weight is 369 g/mol. The van der Waals surface area contributed by atoms with Crippen LogP contribution in [0.4, 0.5) is 9.59 Å². The van der Waals surface area contributed by atoms with Crippen molar-refractivity contribution in [1.29, 1.82) is 0 Å². The molecule has 0 aliphatic carbocycles. The predicted octanol–water partition coefficient (Wildman–Crippen LogP) is 0.411. The number of hydrogen-bond acceptors (Lipinski definition) is 4. The number of amidine groups is 1. The first-order valence-corrected chi connectivity index (χ1v) is 7.16. The molecule has 2 N–H and O–H groups in total. The molecule has 0 aromatic rings. The molecule has 9 heteroatoms. The predicted molar refractivity (Wildman–Crippen MR) is 84.0 cm³/mol. The molecule has 1 unspecified atom stereocenters. The lowest BCUT2D eigenvalue weighted by Gasteiger charge is -2.23. The molecular weight excluding hydrogens is 354 g/mol. The van der Waals surface area contributed by atoms with Gasteiger partial charge in [0.1, 0.15) is 6.21 Å². The zero-order valence-corrected chi connectivity index (χ0v) is 13.7. The number of nitrogens with one attached hydrogen (secondary N) is 2. The van der Waals surface area contributed by atoms with Crippen molar-refractivity contribution in [2.75, 3.05) is 20.6 Å². The van der Waals surface area contributed by atoms with Gasteiger partial charge in [0.25, 0.3) is 5.84 Å². The van der Waals surface area contributed by atoms with Crippen LogP contribution in [0.2, 0.25) is 0 Å². The maximum absolute atomic E-state index is 12.2. The third kappa shape index (κ3) is 3.14. The van der Waals surface area contributed by atoms with Crippen LogP contribution in [-0.4, -0.2) is 60.1 Å². The van der Waals surface area contributed by atoms with Crippen LogP contribution < -0.4 is 10.6 Å². The lowest BCUT2D eigenvalue weighted by molar-refractivity contribution is -0.407. The quantitative estimate of drug-likeness (QED) is 0.706. The Morgan fingerprint density at radius 2 is 2.23 bits per heavy atom. The van der Waals surface area contributed by atoms with Gasteiger partial charge in [-0.3, -0.25) is 4.79 Å². The summed E-state index contributed by atoms with van der Waals surface area (Å²) in [7, 11) is 2.96. The summed E-state index contributed by atoms with van der Waals surface area (Å²) in [6.07, 6.45) is 2.96. The monoisotopic (exact) mass is 368 g/mol. The van der Waals surface area contributed by atoms with Gasteiger partial charge in [0, 0.05) is 4.48 Å². The fourth-order valence-electron chi connectivity index (χ4n) is 2.04. The molecule has 0 radical (unpaired) electrons. The Balaban J connectivity index is 2.16. The van der Waals surface area contributed by atoms with Crippen molar-refractivity contribution in [3.63, 3.8) is 0 Å². The van der Waals surface area contributed by atoms with Crippen LogP contribution in [0.15, 0.2) is 27.8 Å². The van der Waals surface area contributed by atoms with Crippen LogP contribution in [0.25, 0.3) is 0 Å². The van der Waals surface area contributed by atoms with Crippen LogP contribution in [-0.2, 0) is 4.79 Å². The molecule has 2 aliphatic rings. The highest BCUT2D eigenvalue weighted by Gasteiger charge is 2.44. The molecule has 0 spiro atoms. The number of rotatable bonds is 3. The topological polar surface area (TPSA) is 93.9 Å². The molecule has 8 nitrogen and oxygen atoms in total. The number of halogens is 1. The maximum atomic E-state index is 12.2. The van der Waals surface area contributed by atoms with Crippen molar-refractivity contribution in [2.24, 2.45) is 10.9 Å². The van der Waals surface area contributed by atoms with Crippen LogP contribution in [0.5, 0.6) is 0 Å². The smallest absolute Gasteiger partial charge is 0.333 e. The molecule has 0 bridgehead atoms. The molecule has 5 amide bonds. The minimum absolute atomic E-state index is 0.274. The van der Waals surface area contributed by atoms with Gasteiger partial charge in [0.2, 0.25) is 0 Å². The molecule has 116 valence electrons. The average Bonchev–Trinajstić information content (AvgIpc) is 2.48. The number of hydrogen-bond donors (Lipinski definition) is 2.